The standard InChI is InChI=1S/C20H20BrN3O5S/c1-13(19(26)22-2)23(11-14-6-5-7-15(21)10-14)18(25)12-24-20(27)16-8-3-4-9-17(16)30(24,28)29/h3-10,13H,11-12H2,1-2H3,(H,22,26)/t13-/m1/s1. The molecule has 1 heterocycles. The van der Waals surface area contributed by atoms with Crippen LogP contribution in [-0.4, -0.2) is 55.0 Å². The van der Waals surface area contributed by atoms with E-state index >= 15 is 0 Å². The molecule has 0 fully saturated rings. The first-order chi connectivity index (χ1) is 14.2. The van der Waals surface area contributed by atoms with Gasteiger partial charge in [-0.15, -0.1) is 0 Å². The average Bonchev–Trinajstić information content (AvgIpc) is 2.92. The van der Waals surface area contributed by atoms with Gasteiger partial charge in [-0.1, -0.05) is 40.2 Å². The molecule has 0 aliphatic carbocycles. The van der Waals surface area contributed by atoms with Gasteiger partial charge in [0.15, 0.2) is 0 Å². The van der Waals surface area contributed by atoms with Gasteiger partial charge in [-0.2, -0.15) is 0 Å². The smallest absolute Gasteiger partial charge is 0.269 e. The van der Waals surface area contributed by atoms with E-state index < -0.39 is 40.3 Å². The quantitative estimate of drug-likeness (QED) is 0.659. The van der Waals surface area contributed by atoms with Crippen LogP contribution in [0.5, 0.6) is 0 Å². The summed E-state index contributed by atoms with van der Waals surface area (Å²) in [6.07, 6.45) is 0. The summed E-state index contributed by atoms with van der Waals surface area (Å²) < 4.78 is 26.9. The van der Waals surface area contributed by atoms with Crippen LogP contribution >= 0.6 is 15.9 Å². The molecular formula is C20H20BrN3O5S. The Kier molecular flexibility index (Phi) is 6.27. The Labute approximate surface area is 183 Å². The molecule has 10 heteroatoms. The van der Waals surface area contributed by atoms with E-state index in [4.69, 9.17) is 0 Å². The highest BCUT2D eigenvalue weighted by molar-refractivity contribution is 9.10. The first kappa shape index (κ1) is 22.0. The fourth-order valence-corrected chi connectivity index (χ4v) is 5.19. The summed E-state index contributed by atoms with van der Waals surface area (Å²) in [7, 11) is -2.68. The van der Waals surface area contributed by atoms with Gasteiger partial charge in [-0.25, -0.2) is 12.7 Å². The predicted molar refractivity (Wildman–Crippen MR) is 113 cm³/mol. The van der Waals surface area contributed by atoms with Crippen LogP contribution in [0.2, 0.25) is 0 Å². The number of likely N-dealkylation sites (N-methyl/N-ethyl adjacent to an activating group) is 1. The minimum atomic E-state index is -4.13. The Morgan fingerprint density at radius 1 is 1.17 bits per heavy atom. The van der Waals surface area contributed by atoms with Crippen LogP contribution in [0.4, 0.5) is 0 Å². The third-order valence-electron chi connectivity index (χ3n) is 4.85. The molecule has 0 saturated carbocycles. The normalized spacial score (nSPS) is 15.4. The van der Waals surface area contributed by atoms with Crippen molar-refractivity contribution in [3.8, 4) is 0 Å². The van der Waals surface area contributed by atoms with E-state index in [2.05, 4.69) is 21.2 Å². The third-order valence-corrected chi connectivity index (χ3v) is 7.13. The molecule has 3 rings (SSSR count). The Morgan fingerprint density at radius 2 is 1.87 bits per heavy atom. The van der Waals surface area contributed by atoms with Crippen LogP contribution in [0.25, 0.3) is 0 Å². The van der Waals surface area contributed by atoms with Crippen molar-refractivity contribution in [1.82, 2.24) is 14.5 Å². The van der Waals surface area contributed by atoms with E-state index in [1.54, 1.807) is 31.2 Å². The molecule has 3 amide bonds. The second-order valence-corrected chi connectivity index (χ2v) is 9.50. The van der Waals surface area contributed by atoms with Crippen molar-refractivity contribution >= 4 is 43.7 Å². The molecule has 0 unspecified atom stereocenters. The predicted octanol–water partition coefficient (Wildman–Crippen LogP) is 1.76. The minimum absolute atomic E-state index is 0.0307. The van der Waals surface area contributed by atoms with Crippen molar-refractivity contribution in [2.24, 2.45) is 0 Å². The lowest BCUT2D eigenvalue weighted by Gasteiger charge is -2.29. The first-order valence-corrected chi connectivity index (χ1v) is 11.3. The summed E-state index contributed by atoms with van der Waals surface area (Å²) in [6.45, 7) is 0.927. The lowest BCUT2D eigenvalue weighted by Crippen LogP contribution is -2.50. The molecule has 30 heavy (non-hydrogen) atoms. The molecule has 1 N–H and O–H groups in total. The van der Waals surface area contributed by atoms with Crippen molar-refractivity contribution in [2.45, 2.75) is 24.4 Å². The van der Waals surface area contributed by atoms with E-state index in [1.807, 2.05) is 6.07 Å². The van der Waals surface area contributed by atoms with Crippen molar-refractivity contribution in [3.05, 3.63) is 64.1 Å². The zero-order chi connectivity index (χ0) is 22.1. The molecule has 2 aromatic rings. The van der Waals surface area contributed by atoms with Crippen molar-refractivity contribution < 1.29 is 22.8 Å². The molecule has 8 nitrogen and oxygen atoms in total. The number of carbonyl (C=O) groups excluding carboxylic acids is 3. The molecule has 2 aromatic carbocycles. The summed E-state index contributed by atoms with van der Waals surface area (Å²) >= 11 is 3.36. The number of nitrogens with zero attached hydrogens (tertiary/aromatic N) is 2. The van der Waals surface area contributed by atoms with Crippen LogP contribution in [0.1, 0.15) is 22.8 Å². The minimum Gasteiger partial charge on any atom is -0.357 e. The number of rotatable bonds is 6. The Bertz CT molecular complexity index is 1120. The number of hydrogen-bond donors (Lipinski definition) is 1. The SMILES string of the molecule is CNC(=O)[C@@H](C)N(Cc1cccc(Br)c1)C(=O)CN1C(=O)c2ccccc2S1(=O)=O. The maximum Gasteiger partial charge on any atom is 0.269 e. The van der Waals surface area contributed by atoms with Gasteiger partial charge >= 0.3 is 0 Å². The number of sulfonamides is 1. The number of nitrogens with one attached hydrogen (secondary N) is 1. The van der Waals surface area contributed by atoms with Crippen LogP contribution in [0.3, 0.4) is 0 Å². The van der Waals surface area contributed by atoms with Gasteiger partial charge in [-0.3, -0.25) is 14.4 Å². The van der Waals surface area contributed by atoms with Crippen LogP contribution < -0.4 is 5.32 Å². The molecule has 1 aliphatic heterocycles. The summed E-state index contributed by atoms with van der Waals surface area (Å²) in [6, 6.07) is 12.1. The Morgan fingerprint density at radius 3 is 2.50 bits per heavy atom. The Balaban J connectivity index is 1.90. The zero-order valence-corrected chi connectivity index (χ0v) is 18.7. The molecule has 0 saturated heterocycles. The van der Waals surface area contributed by atoms with Crippen molar-refractivity contribution in [2.75, 3.05) is 13.6 Å². The van der Waals surface area contributed by atoms with E-state index in [1.165, 1.54) is 30.1 Å². The summed E-state index contributed by atoms with van der Waals surface area (Å²) in [5.41, 5.74) is 0.774. The number of hydrogen-bond acceptors (Lipinski definition) is 5. The lowest BCUT2D eigenvalue weighted by molar-refractivity contribution is -0.140. The second-order valence-electron chi connectivity index (χ2n) is 6.75. The van der Waals surface area contributed by atoms with E-state index in [9.17, 15) is 22.8 Å². The highest BCUT2D eigenvalue weighted by atomic mass is 79.9. The number of halogens is 1. The van der Waals surface area contributed by atoms with E-state index in [-0.39, 0.29) is 17.0 Å². The topological polar surface area (TPSA) is 104 Å². The van der Waals surface area contributed by atoms with Crippen LogP contribution in [-0.2, 0) is 26.2 Å². The van der Waals surface area contributed by atoms with Gasteiger partial charge in [0.1, 0.15) is 17.5 Å². The maximum absolute atomic E-state index is 13.1. The van der Waals surface area contributed by atoms with Gasteiger partial charge in [0.05, 0.1) is 5.56 Å². The number of amides is 3. The highest BCUT2D eigenvalue weighted by Gasteiger charge is 2.43. The van der Waals surface area contributed by atoms with Gasteiger partial charge < -0.3 is 10.2 Å². The average molecular weight is 494 g/mol. The van der Waals surface area contributed by atoms with Crippen LogP contribution in [0, 0.1) is 0 Å². The monoisotopic (exact) mass is 493 g/mol. The molecule has 158 valence electrons. The zero-order valence-electron chi connectivity index (χ0n) is 16.3. The van der Waals surface area contributed by atoms with Gasteiger partial charge in [0.2, 0.25) is 11.8 Å². The molecule has 1 aliphatic rings. The van der Waals surface area contributed by atoms with Gasteiger partial charge in [0.25, 0.3) is 15.9 Å². The largest absolute Gasteiger partial charge is 0.357 e. The number of fused-ring (bicyclic) bond motifs is 1. The van der Waals surface area contributed by atoms with E-state index in [0.29, 0.717) is 4.31 Å². The first-order valence-electron chi connectivity index (χ1n) is 9.08. The highest BCUT2D eigenvalue weighted by Crippen LogP contribution is 2.30. The summed E-state index contributed by atoms with van der Waals surface area (Å²) in [5, 5.41) is 2.49. The van der Waals surface area contributed by atoms with Crippen LogP contribution in [0.15, 0.2) is 57.9 Å². The Hall–Kier alpha value is -2.72. The summed E-state index contributed by atoms with van der Waals surface area (Å²) in [4.78, 5) is 39.1. The second kappa shape index (κ2) is 8.57. The number of carbonyl (C=O) groups is 3. The fourth-order valence-electron chi connectivity index (χ4n) is 3.22. The van der Waals surface area contributed by atoms with Crippen molar-refractivity contribution in [1.29, 1.82) is 0 Å². The third kappa shape index (κ3) is 4.10. The lowest BCUT2D eigenvalue weighted by atomic mass is 10.1. The van der Waals surface area contributed by atoms with E-state index in [0.717, 1.165) is 10.0 Å². The molecule has 0 bridgehead atoms. The van der Waals surface area contributed by atoms with Crippen molar-refractivity contribution in [3.63, 3.8) is 0 Å². The summed E-state index contributed by atoms with van der Waals surface area (Å²) in [5.74, 6) is -1.82. The molecule has 1 atom stereocenters. The fraction of sp³-hybridized carbons (Fsp3) is 0.250. The molecule has 0 radical (unpaired) electrons. The molecule has 0 spiro atoms. The molecule has 0 aromatic heterocycles. The van der Waals surface area contributed by atoms with Gasteiger partial charge in [-0.05, 0) is 36.8 Å². The maximum atomic E-state index is 13.1. The number of benzene rings is 2. The molecular weight excluding hydrogens is 474 g/mol. The van der Waals surface area contributed by atoms with Gasteiger partial charge in [0, 0.05) is 18.1 Å².